The van der Waals surface area contributed by atoms with Crippen molar-refractivity contribution in [2.24, 2.45) is 11.7 Å². The van der Waals surface area contributed by atoms with Crippen LogP contribution in [0.4, 0.5) is 0 Å². The molecule has 1 fully saturated rings. The van der Waals surface area contributed by atoms with Crippen LogP contribution in [-0.4, -0.2) is 30.6 Å². The Balaban J connectivity index is 2.23. The summed E-state index contributed by atoms with van der Waals surface area (Å²) in [6, 6.07) is 5.69. The van der Waals surface area contributed by atoms with E-state index in [0.717, 1.165) is 40.8 Å². The van der Waals surface area contributed by atoms with Gasteiger partial charge in [0, 0.05) is 21.6 Å². The molecule has 0 aliphatic heterocycles. The van der Waals surface area contributed by atoms with Gasteiger partial charge < -0.3 is 10.6 Å². The van der Waals surface area contributed by atoms with Crippen LogP contribution in [0.2, 0.25) is 10.0 Å². The van der Waals surface area contributed by atoms with Crippen molar-refractivity contribution in [1.82, 2.24) is 4.90 Å². The summed E-state index contributed by atoms with van der Waals surface area (Å²) in [7, 11) is 4.30. The molecule has 0 heterocycles. The molecule has 0 aromatic heterocycles. The van der Waals surface area contributed by atoms with E-state index in [2.05, 4.69) is 25.9 Å². The minimum Gasteiger partial charge on any atom is -0.326 e. The van der Waals surface area contributed by atoms with Crippen molar-refractivity contribution >= 4 is 23.2 Å². The predicted octanol–water partition coefficient (Wildman–Crippen LogP) is 4.37. The molecule has 1 aliphatic rings. The Bertz CT molecular complexity index is 490. The van der Waals surface area contributed by atoms with E-state index >= 15 is 0 Å². The first kappa shape index (κ1) is 17.1. The Morgan fingerprint density at radius 3 is 2.71 bits per heavy atom. The van der Waals surface area contributed by atoms with Crippen LogP contribution in [0.3, 0.4) is 0 Å². The lowest BCUT2D eigenvalue weighted by atomic mass is 9.70. The fraction of sp³-hybridized carbons (Fsp3) is 0.647. The molecule has 118 valence electrons. The number of nitrogens with two attached hydrogens (primary N) is 1. The Morgan fingerprint density at radius 1 is 1.38 bits per heavy atom. The Hall–Kier alpha value is -0.280. The van der Waals surface area contributed by atoms with Crippen LogP contribution in [0.15, 0.2) is 18.2 Å². The average molecular weight is 329 g/mol. The molecule has 2 rings (SSSR count). The molecule has 4 heteroatoms. The number of hydrogen-bond donors (Lipinski definition) is 1. The summed E-state index contributed by atoms with van der Waals surface area (Å²) in [6.07, 6.45) is 5.63. The van der Waals surface area contributed by atoms with Gasteiger partial charge in [-0.3, -0.25) is 0 Å². The van der Waals surface area contributed by atoms with Crippen LogP contribution in [0.1, 0.15) is 38.2 Å². The zero-order chi connectivity index (χ0) is 15.6. The molecule has 0 bridgehead atoms. The first-order valence-corrected chi connectivity index (χ1v) is 8.47. The molecule has 0 amide bonds. The molecule has 21 heavy (non-hydrogen) atoms. The lowest BCUT2D eigenvalue weighted by molar-refractivity contribution is 0.0504. The molecule has 0 saturated heterocycles. The zero-order valence-electron chi connectivity index (χ0n) is 13.2. The molecule has 3 atom stereocenters. The van der Waals surface area contributed by atoms with Crippen molar-refractivity contribution in [3.63, 3.8) is 0 Å². The van der Waals surface area contributed by atoms with Crippen molar-refractivity contribution in [3.8, 4) is 0 Å². The van der Waals surface area contributed by atoms with Gasteiger partial charge >= 0.3 is 0 Å². The van der Waals surface area contributed by atoms with Crippen LogP contribution in [0.5, 0.6) is 0 Å². The summed E-state index contributed by atoms with van der Waals surface area (Å²) >= 11 is 12.4. The quantitative estimate of drug-likeness (QED) is 0.888. The molecule has 1 aromatic rings. The van der Waals surface area contributed by atoms with E-state index in [1.165, 1.54) is 12.8 Å². The molecule has 1 saturated carbocycles. The molecule has 0 radical (unpaired) electrons. The molecular formula is C17H26Cl2N2. The van der Waals surface area contributed by atoms with Crippen LogP contribution in [0, 0.1) is 5.92 Å². The molecule has 3 unspecified atom stereocenters. The van der Waals surface area contributed by atoms with Crippen LogP contribution in [-0.2, 0) is 6.42 Å². The summed E-state index contributed by atoms with van der Waals surface area (Å²) in [6.45, 7) is 2.33. The molecule has 0 spiro atoms. The van der Waals surface area contributed by atoms with Gasteiger partial charge in [0.1, 0.15) is 0 Å². The van der Waals surface area contributed by atoms with Crippen LogP contribution < -0.4 is 5.73 Å². The minimum absolute atomic E-state index is 0.0588. The predicted molar refractivity (Wildman–Crippen MR) is 92.2 cm³/mol. The maximum Gasteiger partial charge on any atom is 0.0439 e. The van der Waals surface area contributed by atoms with Crippen molar-refractivity contribution < 1.29 is 0 Å². The SMILES string of the molecule is CC1CCCC(C(N)Cc2cc(Cl)ccc2Cl)(N(C)C)C1. The third kappa shape index (κ3) is 3.73. The zero-order valence-corrected chi connectivity index (χ0v) is 14.7. The van der Waals surface area contributed by atoms with Gasteiger partial charge in [-0.05, 0) is 63.0 Å². The number of hydrogen-bond acceptors (Lipinski definition) is 2. The van der Waals surface area contributed by atoms with Gasteiger partial charge in [0.25, 0.3) is 0 Å². The first-order valence-electron chi connectivity index (χ1n) is 7.72. The van der Waals surface area contributed by atoms with E-state index in [-0.39, 0.29) is 11.6 Å². The molecular weight excluding hydrogens is 303 g/mol. The number of halogens is 2. The Kier molecular flexibility index (Phi) is 5.59. The number of benzene rings is 1. The van der Waals surface area contributed by atoms with E-state index < -0.39 is 0 Å². The van der Waals surface area contributed by atoms with Gasteiger partial charge in [-0.1, -0.05) is 43.0 Å². The van der Waals surface area contributed by atoms with Crippen molar-refractivity contribution in [1.29, 1.82) is 0 Å². The van der Waals surface area contributed by atoms with Gasteiger partial charge in [0.05, 0.1) is 0 Å². The summed E-state index contributed by atoms with van der Waals surface area (Å²) in [5, 5.41) is 1.48. The topological polar surface area (TPSA) is 29.3 Å². The fourth-order valence-corrected chi connectivity index (χ4v) is 4.15. The largest absolute Gasteiger partial charge is 0.326 e. The van der Waals surface area contributed by atoms with Gasteiger partial charge in [0.2, 0.25) is 0 Å². The highest BCUT2D eigenvalue weighted by Gasteiger charge is 2.42. The highest BCUT2D eigenvalue weighted by atomic mass is 35.5. The standard InChI is InChI=1S/C17H26Cl2N2/c1-12-5-4-8-17(11-12,21(2)3)16(20)10-13-9-14(18)6-7-15(13)19/h6-7,9,12,16H,4-5,8,10-11,20H2,1-3H3. The van der Waals surface area contributed by atoms with Crippen molar-refractivity contribution in [3.05, 3.63) is 33.8 Å². The normalized spacial score (nSPS) is 27.9. The molecule has 1 aliphatic carbocycles. The number of likely N-dealkylation sites (N-methyl/N-ethyl adjacent to an activating group) is 1. The van der Waals surface area contributed by atoms with E-state index in [1.54, 1.807) is 0 Å². The lowest BCUT2D eigenvalue weighted by Crippen LogP contribution is -2.60. The second kappa shape index (κ2) is 6.87. The lowest BCUT2D eigenvalue weighted by Gasteiger charge is -2.49. The maximum atomic E-state index is 6.65. The molecule has 1 aromatic carbocycles. The van der Waals surface area contributed by atoms with Crippen LogP contribution >= 0.6 is 23.2 Å². The van der Waals surface area contributed by atoms with Crippen molar-refractivity contribution in [2.75, 3.05) is 14.1 Å². The highest BCUT2D eigenvalue weighted by molar-refractivity contribution is 6.33. The van der Waals surface area contributed by atoms with E-state index in [0.29, 0.717) is 0 Å². The van der Waals surface area contributed by atoms with Gasteiger partial charge in [-0.15, -0.1) is 0 Å². The summed E-state index contributed by atoms with van der Waals surface area (Å²) in [5.41, 5.74) is 7.76. The number of rotatable bonds is 4. The maximum absolute atomic E-state index is 6.65. The highest BCUT2D eigenvalue weighted by Crippen LogP contribution is 2.39. The average Bonchev–Trinajstić information content (AvgIpc) is 2.42. The van der Waals surface area contributed by atoms with Crippen molar-refractivity contribution in [2.45, 2.75) is 50.6 Å². The fourth-order valence-electron chi connectivity index (χ4n) is 3.77. The molecule has 2 nitrogen and oxygen atoms in total. The summed E-state index contributed by atoms with van der Waals surface area (Å²) < 4.78 is 0. The van der Waals surface area contributed by atoms with E-state index in [1.807, 2.05) is 18.2 Å². The Morgan fingerprint density at radius 2 is 2.10 bits per heavy atom. The van der Waals surface area contributed by atoms with Gasteiger partial charge in [0.15, 0.2) is 0 Å². The third-order valence-electron chi connectivity index (χ3n) is 5.04. The minimum atomic E-state index is 0.0588. The van der Waals surface area contributed by atoms with E-state index in [4.69, 9.17) is 28.9 Å². The second-order valence-electron chi connectivity index (χ2n) is 6.75. The van der Waals surface area contributed by atoms with E-state index in [9.17, 15) is 0 Å². The Labute approximate surface area is 138 Å². The van der Waals surface area contributed by atoms with Gasteiger partial charge in [-0.2, -0.15) is 0 Å². The molecule has 2 N–H and O–H groups in total. The third-order valence-corrected chi connectivity index (χ3v) is 5.64. The first-order chi connectivity index (χ1) is 9.85. The number of nitrogens with zero attached hydrogens (tertiary/aromatic N) is 1. The van der Waals surface area contributed by atoms with Gasteiger partial charge in [-0.25, -0.2) is 0 Å². The van der Waals surface area contributed by atoms with Crippen LogP contribution in [0.25, 0.3) is 0 Å². The summed E-state index contributed by atoms with van der Waals surface area (Å²) in [5.74, 6) is 0.724. The smallest absolute Gasteiger partial charge is 0.0439 e. The second-order valence-corrected chi connectivity index (χ2v) is 7.59. The monoisotopic (exact) mass is 328 g/mol. The summed E-state index contributed by atoms with van der Waals surface area (Å²) in [4.78, 5) is 2.33.